The van der Waals surface area contributed by atoms with Crippen molar-refractivity contribution in [1.82, 2.24) is 0 Å². The summed E-state index contributed by atoms with van der Waals surface area (Å²) in [5.41, 5.74) is 7.33. The number of carbonyl (C=O) groups is 1. The molecule has 0 saturated heterocycles. The van der Waals surface area contributed by atoms with Gasteiger partial charge in [0.25, 0.3) is 0 Å². The molecule has 0 aliphatic heterocycles. The van der Waals surface area contributed by atoms with Crippen LogP contribution < -0.4 is 10.5 Å². The molecule has 0 aliphatic carbocycles. The van der Waals surface area contributed by atoms with E-state index in [-0.39, 0.29) is 11.5 Å². The van der Waals surface area contributed by atoms with Crippen LogP contribution in [0.3, 0.4) is 0 Å². The van der Waals surface area contributed by atoms with Gasteiger partial charge in [-0.2, -0.15) is 0 Å². The number of carbonyl (C=O) groups excluding carboxylic acids is 1. The Morgan fingerprint density at radius 2 is 1.97 bits per heavy atom. The fraction of sp³-hybridized carbons (Fsp3) is 0.125. The molecule has 0 unspecified atom stereocenters. The second kappa shape index (κ2) is 9.91. The van der Waals surface area contributed by atoms with Gasteiger partial charge < -0.3 is 20.7 Å². The van der Waals surface area contributed by atoms with Crippen LogP contribution in [0.2, 0.25) is 0 Å². The highest BCUT2D eigenvalue weighted by molar-refractivity contribution is 7.20. The molecule has 0 saturated carbocycles. The van der Waals surface area contributed by atoms with Gasteiger partial charge in [0.1, 0.15) is 18.1 Å². The second-order valence-electron chi connectivity index (χ2n) is 6.44. The van der Waals surface area contributed by atoms with Crippen molar-refractivity contribution < 1.29 is 19.7 Å². The van der Waals surface area contributed by atoms with Crippen LogP contribution in [-0.4, -0.2) is 29.1 Å². The van der Waals surface area contributed by atoms with Gasteiger partial charge in [0.2, 0.25) is 0 Å². The number of rotatable bonds is 8. The highest BCUT2D eigenvalue weighted by atomic mass is 32.1. The van der Waals surface area contributed by atoms with E-state index in [0.29, 0.717) is 30.0 Å². The Bertz CT molecular complexity index is 1120. The van der Waals surface area contributed by atoms with Gasteiger partial charge in [-0.05, 0) is 61.0 Å². The van der Waals surface area contributed by atoms with Crippen molar-refractivity contribution in [2.45, 2.75) is 6.92 Å². The molecule has 0 aliphatic rings. The van der Waals surface area contributed by atoms with Gasteiger partial charge in [0, 0.05) is 32.6 Å². The van der Waals surface area contributed by atoms with E-state index < -0.39 is 0 Å². The third kappa shape index (κ3) is 4.62. The summed E-state index contributed by atoms with van der Waals surface area (Å²) in [7, 11) is 0. The fourth-order valence-electron chi connectivity index (χ4n) is 3.07. The van der Waals surface area contributed by atoms with E-state index in [0.717, 1.165) is 26.8 Å². The fourth-order valence-corrected chi connectivity index (χ4v) is 4.31. The molecule has 0 radical (unpaired) electrons. The molecule has 4 N–H and O–H groups in total. The predicted molar refractivity (Wildman–Crippen MR) is 122 cm³/mol. The minimum absolute atomic E-state index is 0.129. The minimum Gasteiger partial charge on any atom is -0.516 e. The third-order valence-electron chi connectivity index (χ3n) is 4.37. The Labute approximate surface area is 179 Å². The topological polar surface area (TPSA) is 92.8 Å². The SMILES string of the molecule is C\C=C/C(=C\C=C\O)c1sc2cc(O)ccc2c1C(=O)c1ccc(OCCN)cc1. The maximum Gasteiger partial charge on any atom is 0.195 e. The van der Waals surface area contributed by atoms with Crippen LogP contribution in [0.1, 0.15) is 27.7 Å². The smallest absolute Gasteiger partial charge is 0.195 e. The molecule has 6 heteroatoms. The maximum absolute atomic E-state index is 13.5. The van der Waals surface area contributed by atoms with E-state index in [1.54, 1.807) is 48.5 Å². The first-order chi connectivity index (χ1) is 14.6. The zero-order valence-corrected chi connectivity index (χ0v) is 17.4. The normalized spacial score (nSPS) is 12.3. The van der Waals surface area contributed by atoms with Gasteiger partial charge in [-0.3, -0.25) is 4.79 Å². The maximum atomic E-state index is 13.5. The Kier molecular flexibility index (Phi) is 7.06. The van der Waals surface area contributed by atoms with E-state index in [9.17, 15) is 9.90 Å². The van der Waals surface area contributed by atoms with Crippen molar-refractivity contribution in [2.24, 2.45) is 5.73 Å². The first-order valence-corrected chi connectivity index (χ1v) is 10.3. The first-order valence-electron chi connectivity index (χ1n) is 9.46. The molecule has 0 spiro atoms. The van der Waals surface area contributed by atoms with Crippen LogP contribution in [-0.2, 0) is 0 Å². The third-order valence-corrected chi connectivity index (χ3v) is 5.58. The molecule has 0 fully saturated rings. The second-order valence-corrected chi connectivity index (χ2v) is 7.49. The van der Waals surface area contributed by atoms with Crippen LogP contribution in [0, 0.1) is 0 Å². The number of fused-ring (bicyclic) bond motifs is 1. The molecule has 30 heavy (non-hydrogen) atoms. The minimum atomic E-state index is -0.129. The largest absolute Gasteiger partial charge is 0.516 e. The van der Waals surface area contributed by atoms with Crippen LogP contribution in [0.5, 0.6) is 11.5 Å². The number of phenols is 1. The Balaban J connectivity index is 2.14. The predicted octanol–water partition coefficient (Wildman–Crippen LogP) is 5.21. The molecule has 3 aromatic rings. The summed E-state index contributed by atoms with van der Waals surface area (Å²) in [6.45, 7) is 2.71. The van der Waals surface area contributed by atoms with Crippen molar-refractivity contribution in [1.29, 1.82) is 0 Å². The zero-order chi connectivity index (χ0) is 21.5. The molecular formula is C24H23NO4S. The zero-order valence-electron chi connectivity index (χ0n) is 16.5. The number of thiophene rings is 1. The molecule has 154 valence electrons. The van der Waals surface area contributed by atoms with Crippen LogP contribution in [0.25, 0.3) is 15.7 Å². The summed E-state index contributed by atoms with van der Waals surface area (Å²) in [5, 5.41) is 19.8. The number of aliphatic hydroxyl groups is 1. The number of aromatic hydroxyl groups is 1. The summed E-state index contributed by atoms with van der Waals surface area (Å²) >= 11 is 1.42. The number of phenolic OH excluding ortho intramolecular Hbond substituents is 1. The Hall–Kier alpha value is -3.35. The molecule has 1 aromatic heterocycles. The van der Waals surface area contributed by atoms with E-state index in [2.05, 4.69) is 0 Å². The highest BCUT2D eigenvalue weighted by Gasteiger charge is 2.22. The number of nitrogens with two attached hydrogens (primary N) is 1. The number of hydrogen-bond acceptors (Lipinski definition) is 6. The Morgan fingerprint density at radius 3 is 2.63 bits per heavy atom. The number of aliphatic hydroxyl groups excluding tert-OH is 1. The van der Waals surface area contributed by atoms with Gasteiger partial charge in [-0.25, -0.2) is 0 Å². The van der Waals surface area contributed by atoms with Gasteiger partial charge in [0.15, 0.2) is 5.78 Å². The summed E-state index contributed by atoms with van der Waals surface area (Å²) in [6.07, 6.45) is 7.95. The first kappa shape index (κ1) is 21.4. The lowest BCUT2D eigenvalue weighted by atomic mass is 9.97. The average Bonchev–Trinajstić information content (AvgIpc) is 3.13. The number of benzene rings is 2. The van der Waals surface area contributed by atoms with Crippen LogP contribution in [0.15, 0.2) is 73.0 Å². The molecular weight excluding hydrogens is 398 g/mol. The lowest BCUT2D eigenvalue weighted by Gasteiger charge is -2.08. The van der Waals surface area contributed by atoms with Gasteiger partial charge in [0.05, 0.1) is 6.26 Å². The quantitative estimate of drug-likeness (QED) is 0.264. The van der Waals surface area contributed by atoms with E-state index >= 15 is 0 Å². The molecule has 3 rings (SSSR count). The summed E-state index contributed by atoms with van der Waals surface area (Å²) in [4.78, 5) is 14.3. The van der Waals surface area contributed by atoms with Gasteiger partial charge >= 0.3 is 0 Å². The molecule has 0 amide bonds. The van der Waals surface area contributed by atoms with Crippen molar-refractivity contribution in [2.75, 3.05) is 13.2 Å². The van der Waals surface area contributed by atoms with Gasteiger partial charge in [-0.15, -0.1) is 11.3 Å². The average molecular weight is 422 g/mol. The van der Waals surface area contributed by atoms with Crippen molar-refractivity contribution >= 4 is 32.8 Å². The molecule has 5 nitrogen and oxygen atoms in total. The molecule has 2 aromatic carbocycles. The monoisotopic (exact) mass is 421 g/mol. The van der Waals surface area contributed by atoms with Crippen molar-refractivity contribution in [3.63, 3.8) is 0 Å². The standard InChI is InChI=1S/C24H23NO4S/c1-2-4-17(5-3-13-26)24-22(20-11-8-18(27)15-21(20)30-24)23(28)16-6-9-19(10-7-16)29-14-12-25/h2-11,13,15,26-27H,12,14,25H2,1H3/b4-2-,13-3+,17-5+. The summed E-state index contributed by atoms with van der Waals surface area (Å²) in [5.74, 6) is 0.665. The molecule has 1 heterocycles. The van der Waals surface area contributed by atoms with E-state index in [1.807, 2.05) is 19.1 Å². The summed E-state index contributed by atoms with van der Waals surface area (Å²) in [6, 6.07) is 11.9. The molecule has 0 bridgehead atoms. The number of allylic oxidation sites excluding steroid dienone is 5. The lowest BCUT2D eigenvalue weighted by Crippen LogP contribution is -2.10. The van der Waals surface area contributed by atoms with Crippen molar-refractivity contribution in [3.8, 4) is 11.5 Å². The van der Waals surface area contributed by atoms with E-state index in [4.69, 9.17) is 15.6 Å². The van der Waals surface area contributed by atoms with E-state index in [1.165, 1.54) is 17.4 Å². The number of ketones is 1. The molecule has 0 atom stereocenters. The lowest BCUT2D eigenvalue weighted by molar-refractivity contribution is 0.104. The number of hydrogen-bond donors (Lipinski definition) is 3. The summed E-state index contributed by atoms with van der Waals surface area (Å²) < 4.78 is 6.30. The van der Waals surface area contributed by atoms with Crippen LogP contribution >= 0.6 is 11.3 Å². The van der Waals surface area contributed by atoms with Crippen molar-refractivity contribution in [3.05, 3.63) is 89.0 Å². The van der Waals surface area contributed by atoms with Gasteiger partial charge in [-0.1, -0.05) is 18.2 Å². The van der Waals surface area contributed by atoms with Crippen LogP contribution in [0.4, 0.5) is 0 Å². The highest BCUT2D eigenvalue weighted by Crippen LogP contribution is 2.39. The Morgan fingerprint density at radius 1 is 1.20 bits per heavy atom. The number of ether oxygens (including phenoxy) is 1.